The second-order valence-corrected chi connectivity index (χ2v) is 18.1. The number of Topliss-reactive ketones (excluding diaryl/α,β-unsaturated/α-hetero) is 1. The highest BCUT2D eigenvalue weighted by molar-refractivity contribution is 5.93. The van der Waals surface area contributed by atoms with Crippen LogP contribution in [0.1, 0.15) is 112 Å². The molecule has 0 aromatic carbocycles. The maximum atomic E-state index is 14.8. The van der Waals surface area contributed by atoms with Gasteiger partial charge in [0.05, 0.1) is 31.0 Å². The molecule has 1 saturated carbocycles. The molecule has 0 unspecified atom stereocenters. The van der Waals surface area contributed by atoms with Crippen molar-refractivity contribution in [2.45, 2.75) is 172 Å². The number of hydrogen-bond acceptors (Lipinski definition) is 13. The number of allylic oxidation sites excluding steroid dienone is 3. The zero-order valence-corrected chi connectivity index (χ0v) is 36.8. The number of hydrogen-bond donors (Lipinski definition) is 2. The Kier molecular flexibility index (Phi) is 16.4. The molecule has 4 aliphatic heterocycles. The fourth-order valence-corrected chi connectivity index (χ4v) is 10.3. The van der Waals surface area contributed by atoms with Crippen molar-refractivity contribution < 1.29 is 62.5 Å². The first-order valence-corrected chi connectivity index (χ1v) is 21.9. The van der Waals surface area contributed by atoms with Gasteiger partial charge in [-0.25, -0.2) is 4.79 Å². The topological polar surface area (TPSA) is 180 Å². The average molecular weight is 834 g/mol. The average Bonchev–Trinajstić information content (AvgIpc) is 4.04. The Morgan fingerprint density at radius 3 is 2.25 bits per heavy atom. The van der Waals surface area contributed by atoms with Crippen molar-refractivity contribution in [3.63, 3.8) is 0 Å². The molecule has 59 heavy (non-hydrogen) atoms. The number of cyclic esters (lactones) is 1. The minimum atomic E-state index is -2.05. The second kappa shape index (κ2) is 20.4. The van der Waals surface area contributed by atoms with Gasteiger partial charge in [0.1, 0.15) is 30.1 Å². The number of aliphatic hydroxyl groups is 2. The third-order valence-corrected chi connectivity index (χ3v) is 13.9. The number of nitrogens with zero attached hydrogens (tertiary/aromatic N) is 1. The number of esters is 1. The second-order valence-electron chi connectivity index (χ2n) is 18.1. The van der Waals surface area contributed by atoms with Gasteiger partial charge in [0.15, 0.2) is 0 Å². The zero-order chi connectivity index (χ0) is 43.2. The van der Waals surface area contributed by atoms with Gasteiger partial charge in [-0.05, 0) is 95.5 Å². The Labute approximate surface area is 350 Å². The van der Waals surface area contributed by atoms with Crippen LogP contribution >= 0.6 is 0 Å². The number of ether oxygens (including phenoxy) is 7. The third-order valence-electron chi connectivity index (χ3n) is 13.9. The van der Waals surface area contributed by atoms with E-state index in [0.717, 1.165) is 5.57 Å². The van der Waals surface area contributed by atoms with Crippen molar-refractivity contribution in [2.75, 3.05) is 34.5 Å². The van der Waals surface area contributed by atoms with E-state index in [2.05, 4.69) is 6.92 Å². The highest BCUT2D eigenvalue weighted by Gasteiger charge is 2.73. The van der Waals surface area contributed by atoms with Crippen LogP contribution in [0.2, 0.25) is 0 Å². The number of methoxy groups -OCH3 is 3. The first-order valence-electron chi connectivity index (χ1n) is 21.9. The summed E-state index contributed by atoms with van der Waals surface area (Å²) in [6.45, 7) is 12.1. The van der Waals surface area contributed by atoms with Crippen LogP contribution in [-0.2, 0) is 52.3 Å². The van der Waals surface area contributed by atoms with E-state index in [9.17, 15) is 29.4 Å². The van der Waals surface area contributed by atoms with Crippen molar-refractivity contribution in [2.24, 2.45) is 29.6 Å². The van der Waals surface area contributed by atoms with Crippen LogP contribution in [0.25, 0.3) is 0 Å². The number of epoxide rings is 1. The van der Waals surface area contributed by atoms with Gasteiger partial charge in [-0.2, -0.15) is 0 Å². The molecular weight excluding hydrogens is 762 g/mol. The lowest BCUT2D eigenvalue weighted by molar-refractivity contribution is -0.340. The smallest absolute Gasteiger partial charge is 0.329 e. The Balaban J connectivity index is 1.54. The normalized spacial score (nSPS) is 43.1. The van der Waals surface area contributed by atoms with Gasteiger partial charge >= 0.3 is 5.97 Å². The Morgan fingerprint density at radius 1 is 0.949 bits per heavy atom. The van der Waals surface area contributed by atoms with Crippen molar-refractivity contribution in [3.05, 3.63) is 23.3 Å². The molecular formula is C45H71NO13. The number of fused-ring (bicyclic) bond motifs is 4. The van der Waals surface area contributed by atoms with Crippen LogP contribution in [0.4, 0.5) is 0 Å². The van der Waals surface area contributed by atoms with Gasteiger partial charge in [-0.1, -0.05) is 45.4 Å². The number of carbonyl (C=O) groups excluding carboxylic acids is 4. The van der Waals surface area contributed by atoms with Crippen molar-refractivity contribution >= 4 is 24.1 Å². The summed E-state index contributed by atoms with van der Waals surface area (Å²) >= 11 is 0. The van der Waals surface area contributed by atoms with E-state index in [1.54, 1.807) is 28.3 Å². The highest BCUT2D eigenvalue weighted by atomic mass is 16.7. The van der Waals surface area contributed by atoms with Crippen molar-refractivity contribution in [1.29, 1.82) is 0 Å². The van der Waals surface area contributed by atoms with Crippen LogP contribution in [0.3, 0.4) is 0 Å². The van der Waals surface area contributed by atoms with Gasteiger partial charge < -0.3 is 48.3 Å². The van der Waals surface area contributed by atoms with E-state index in [0.29, 0.717) is 76.3 Å². The molecule has 0 radical (unpaired) electrons. The van der Waals surface area contributed by atoms with Crippen LogP contribution in [-0.4, -0.2) is 134 Å². The fraction of sp³-hybridized carbons (Fsp3) is 0.822. The molecule has 3 saturated heterocycles. The van der Waals surface area contributed by atoms with E-state index in [1.165, 1.54) is 4.90 Å². The van der Waals surface area contributed by atoms with E-state index in [1.807, 2.05) is 39.8 Å². The van der Waals surface area contributed by atoms with Gasteiger partial charge in [0, 0.05) is 52.0 Å². The minimum absolute atomic E-state index is 0.00154. The lowest BCUT2D eigenvalue weighted by Gasteiger charge is -2.50. The van der Waals surface area contributed by atoms with Crippen LogP contribution < -0.4 is 0 Å². The van der Waals surface area contributed by atoms with E-state index < -0.39 is 77.6 Å². The van der Waals surface area contributed by atoms with E-state index in [4.69, 9.17) is 33.2 Å². The predicted molar refractivity (Wildman–Crippen MR) is 217 cm³/mol. The van der Waals surface area contributed by atoms with Crippen LogP contribution in [0.5, 0.6) is 0 Å². The molecule has 0 aromatic rings. The monoisotopic (exact) mass is 833 g/mol. The number of piperidine rings is 1. The quantitative estimate of drug-likeness (QED) is 0.147. The summed E-state index contributed by atoms with van der Waals surface area (Å²) in [6, 6.07) is -0.989. The number of carbonyl (C=O) groups is 4. The first kappa shape index (κ1) is 47.3. The maximum Gasteiger partial charge on any atom is 0.329 e. The van der Waals surface area contributed by atoms with Crippen LogP contribution in [0, 0.1) is 29.6 Å². The summed E-state index contributed by atoms with van der Waals surface area (Å²) < 4.78 is 41.9. The molecule has 0 aromatic heterocycles. The molecule has 1 amide bonds. The molecule has 1 spiro atoms. The number of aliphatic hydroxyl groups excluding tert-OH is 1. The Morgan fingerprint density at radius 2 is 1.63 bits per heavy atom. The number of amides is 1. The van der Waals surface area contributed by atoms with Gasteiger partial charge in [0.25, 0.3) is 12.4 Å². The fourth-order valence-electron chi connectivity index (χ4n) is 10.3. The summed E-state index contributed by atoms with van der Waals surface area (Å²) in [5, 5.41) is 24.3. The number of ketones is 1. The van der Waals surface area contributed by atoms with Crippen molar-refractivity contribution in [1.82, 2.24) is 4.90 Å². The Bertz CT molecular complexity index is 1530. The Hall–Kier alpha value is -2.72. The third kappa shape index (κ3) is 10.3. The van der Waals surface area contributed by atoms with Crippen molar-refractivity contribution in [3.8, 4) is 0 Å². The first-order chi connectivity index (χ1) is 28.1. The minimum Gasteiger partial charge on any atom is -0.462 e. The molecule has 5 rings (SSSR count). The maximum absolute atomic E-state index is 14.8. The predicted octanol–water partition coefficient (Wildman–Crippen LogP) is 4.85. The summed E-state index contributed by atoms with van der Waals surface area (Å²) in [5.41, 5.74) is -0.0255. The van der Waals surface area contributed by atoms with Crippen LogP contribution in [0.15, 0.2) is 23.3 Å². The molecule has 1 aliphatic carbocycles. The molecule has 4 fully saturated rings. The van der Waals surface area contributed by atoms with Gasteiger partial charge in [-0.15, -0.1) is 0 Å². The molecule has 14 nitrogen and oxygen atoms in total. The summed E-state index contributed by atoms with van der Waals surface area (Å²) in [5.74, 6) is -4.93. The van der Waals surface area contributed by atoms with E-state index in [-0.39, 0.29) is 49.4 Å². The molecule has 2 N–H and O–H groups in total. The molecule has 15 atom stereocenters. The lowest BCUT2D eigenvalue weighted by atomic mass is 9.78. The van der Waals surface area contributed by atoms with E-state index >= 15 is 0 Å². The highest BCUT2D eigenvalue weighted by Crippen LogP contribution is 2.51. The number of rotatable bonds is 8. The SMILES string of the molecule is CC[C@@H]1/C=C(\C)C[C@H](C)C[C@H](OC)[C@H]2O[C@](O)([C@H](C)C[C@@H]2OC)[C@@]2(CO2)C(=O)N2CCCC[C@H]2C(=O)O[C@H](/C(C)=C/[C@@H]2CC[C@@H](OC=O)[C@H](OC)C2)[C@H](C)[C@@H](O)CC1=O. The van der Waals surface area contributed by atoms with Gasteiger partial charge in [0.2, 0.25) is 11.4 Å². The largest absolute Gasteiger partial charge is 0.462 e. The summed E-state index contributed by atoms with van der Waals surface area (Å²) in [7, 11) is 4.78. The molecule has 14 heteroatoms. The van der Waals surface area contributed by atoms with Gasteiger partial charge in [-0.3, -0.25) is 14.4 Å². The molecule has 334 valence electrons. The molecule has 5 aliphatic rings. The zero-order valence-electron chi connectivity index (χ0n) is 36.8. The molecule has 2 bridgehead atoms. The molecule has 4 heterocycles. The lowest BCUT2D eigenvalue weighted by Crippen LogP contribution is -2.68. The standard InChI is InChI=1S/C45H71NO13/c1-10-32-18-26(2)17-27(3)19-38(54-8)41-39(55-9)21-29(5)45(52,59-41)44(24-57-44)43(51)46-16-12-11-13-33(46)42(50)58-40(30(6)34(48)23-35(32)49)28(4)20-31-14-15-36(56-25-47)37(22-31)53-7/h18,20,25,27,29-34,36-41,48,52H,10-17,19,21-24H2,1-9H3/b26-18+,28-20+/t27-,29+,30+,31-,32+,33-,34-,36+,37+,38-,39-,40+,41+,44+,45+/m0/s1. The summed E-state index contributed by atoms with van der Waals surface area (Å²) in [6.07, 6.45) is 5.09. The summed E-state index contributed by atoms with van der Waals surface area (Å²) in [4.78, 5) is 55.9.